The van der Waals surface area contributed by atoms with Crippen molar-refractivity contribution < 1.29 is 9.32 Å². The lowest BCUT2D eigenvalue weighted by molar-refractivity contribution is 0.141. The third-order valence-corrected chi connectivity index (χ3v) is 9.26. The smallest absolute Gasteiger partial charge is 0.173 e. The van der Waals surface area contributed by atoms with Gasteiger partial charge in [0.05, 0.1) is 29.8 Å². The van der Waals surface area contributed by atoms with E-state index in [0.717, 1.165) is 31.5 Å². The second-order valence-corrected chi connectivity index (χ2v) is 11.3. The van der Waals surface area contributed by atoms with Crippen LogP contribution in [0.25, 0.3) is 11.0 Å². The van der Waals surface area contributed by atoms with E-state index in [-0.39, 0.29) is 30.7 Å². The fraction of sp³-hybridized carbons (Fsp3) is 0.560. The van der Waals surface area contributed by atoms with Gasteiger partial charge >= 0.3 is 0 Å². The molecular weight excluding hydrogens is 504 g/mol. The van der Waals surface area contributed by atoms with E-state index in [2.05, 4.69) is 54.6 Å². The fourth-order valence-corrected chi connectivity index (χ4v) is 7.21. The van der Waals surface area contributed by atoms with Gasteiger partial charge in [-0.25, -0.2) is 22.8 Å². The minimum absolute atomic E-state index is 0.0270. The first-order chi connectivity index (χ1) is 18.4. The van der Waals surface area contributed by atoms with Crippen molar-refractivity contribution in [1.82, 2.24) is 33.8 Å². The van der Waals surface area contributed by atoms with Crippen LogP contribution in [-0.2, 0) is 17.8 Å². The third kappa shape index (κ3) is 5.09. The van der Waals surface area contributed by atoms with Gasteiger partial charge in [0.1, 0.15) is 11.3 Å². The van der Waals surface area contributed by atoms with Gasteiger partial charge in [-0.15, -0.1) is 0 Å². The number of aliphatic hydroxyl groups excluding tert-OH is 1. The highest BCUT2D eigenvalue weighted by molar-refractivity contribution is 7.80. The number of nitrogens with zero attached hydrogens (tertiary/aromatic N) is 8. The summed E-state index contributed by atoms with van der Waals surface area (Å²) in [7, 11) is 2.04. The van der Waals surface area contributed by atoms with Gasteiger partial charge < -0.3 is 15.3 Å². The summed E-state index contributed by atoms with van der Waals surface area (Å²) < 4.78 is 17.6. The largest absolute Gasteiger partial charge is 0.390 e. The maximum atomic E-state index is 13.5. The Morgan fingerprint density at radius 3 is 2.53 bits per heavy atom. The third-order valence-electron chi connectivity index (χ3n) is 7.56. The molecule has 3 aromatic heterocycles. The second kappa shape index (κ2) is 11.3. The van der Waals surface area contributed by atoms with Crippen LogP contribution in [0.15, 0.2) is 24.5 Å². The molecule has 2 fully saturated rings. The number of hydrogen-bond acceptors (Lipinski definition) is 9. The zero-order valence-electron chi connectivity index (χ0n) is 21.9. The first kappa shape index (κ1) is 26.4. The van der Waals surface area contributed by atoms with Crippen molar-refractivity contribution in [2.24, 2.45) is 5.92 Å². The van der Waals surface area contributed by atoms with Crippen LogP contribution in [-0.4, -0.2) is 81.3 Å². The summed E-state index contributed by atoms with van der Waals surface area (Å²) in [6.45, 7) is 5.30. The number of rotatable bonds is 9. The van der Waals surface area contributed by atoms with Crippen molar-refractivity contribution in [2.75, 3.05) is 30.4 Å². The van der Waals surface area contributed by atoms with E-state index < -0.39 is 11.2 Å². The molecule has 202 valence electrons. The second-order valence-electron chi connectivity index (χ2n) is 9.94. The summed E-state index contributed by atoms with van der Waals surface area (Å²) in [5.74, 6) is 1.83. The van der Waals surface area contributed by atoms with Crippen LogP contribution in [0.2, 0.25) is 0 Å². The molecule has 5 rings (SSSR count). The number of anilines is 3. The number of nitrogens with one attached hydrogen (secondary N) is 2. The molecule has 13 heteroatoms. The molecule has 2 saturated heterocycles. The molecule has 2 aliphatic heterocycles. The lowest BCUT2D eigenvalue weighted by Crippen LogP contribution is -2.60. The van der Waals surface area contributed by atoms with Crippen LogP contribution >= 0.6 is 0 Å². The van der Waals surface area contributed by atoms with Crippen molar-refractivity contribution in [3.63, 3.8) is 0 Å². The van der Waals surface area contributed by atoms with Gasteiger partial charge in [-0.05, 0) is 25.7 Å². The molecule has 12 nitrogen and oxygen atoms in total. The van der Waals surface area contributed by atoms with E-state index in [9.17, 15) is 9.32 Å². The van der Waals surface area contributed by atoms with Gasteiger partial charge in [0, 0.05) is 62.8 Å². The van der Waals surface area contributed by atoms with Gasteiger partial charge in [-0.1, -0.05) is 13.8 Å². The first-order valence-electron chi connectivity index (χ1n) is 13.1. The molecule has 0 spiro atoms. The highest BCUT2D eigenvalue weighted by Gasteiger charge is 2.43. The van der Waals surface area contributed by atoms with Crippen molar-refractivity contribution in [3.05, 3.63) is 30.2 Å². The van der Waals surface area contributed by atoms with Crippen molar-refractivity contribution in [2.45, 2.75) is 64.3 Å². The number of aromatic nitrogens is 5. The van der Waals surface area contributed by atoms with Crippen LogP contribution < -0.4 is 10.2 Å². The van der Waals surface area contributed by atoms with E-state index in [4.69, 9.17) is 10.2 Å². The number of hydrogen-bond donors (Lipinski definition) is 3. The Kier molecular flexibility index (Phi) is 7.85. The Bertz CT molecular complexity index is 1320. The molecular formula is C25H34N10O2S. The Morgan fingerprint density at radius 2 is 1.89 bits per heavy atom. The predicted molar refractivity (Wildman–Crippen MR) is 145 cm³/mol. The van der Waals surface area contributed by atoms with E-state index >= 15 is 0 Å². The van der Waals surface area contributed by atoms with Gasteiger partial charge in [0.15, 0.2) is 22.8 Å². The first-order valence-corrected chi connectivity index (χ1v) is 14.1. The van der Waals surface area contributed by atoms with Crippen LogP contribution in [0.3, 0.4) is 0 Å². The summed E-state index contributed by atoms with van der Waals surface area (Å²) >= 11 is -1.25. The highest BCUT2D eigenvalue weighted by Crippen LogP contribution is 2.36. The van der Waals surface area contributed by atoms with Gasteiger partial charge in [0.2, 0.25) is 0 Å². The molecule has 0 amide bonds. The van der Waals surface area contributed by atoms with Crippen LogP contribution in [0, 0.1) is 17.2 Å². The van der Waals surface area contributed by atoms with E-state index in [1.54, 1.807) is 18.5 Å². The Labute approximate surface area is 224 Å². The molecule has 3 unspecified atom stereocenters. The van der Waals surface area contributed by atoms with E-state index in [1.165, 1.54) is 0 Å². The zero-order chi connectivity index (χ0) is 26.8. The van der Waals surface area contributed by atoms with Crippen LogP contribution in [0.4, 0.5) is 17.5 Å². The molecule has 0 aliphatic carbocycles. The Morgan fingerprint density at radius 1 is 1.18 bits per heavy atom. The minimum Gasteiger partial charge on any atom is -0.390 e. The SMILES string of the molecule is CCC1CC(N(C)c2nc(Nc3cc(CO)[nH]n3)cc3nccnc23)CC(CC)N1S(=O)N1CC(C#N)C1. The summed E-state index contributed by atoms with van der Waals surface area (Å²) in [5, 5.41) is 28.7. The summed E-state index contributed by atoms with van der Waals surface area (Å²) in [6, 6.07) is 6.30. The number of pyridine rings is 1. The van der Waals surface area contributed by atoms with Gasteiger partial charge in [0.25, 0.3) is 0 Å². The van der Waals surface area contributed by atoms with Crippen LogP contribution in [0.5, 0.6) is 0 Å². The van der Waals surface area contributed by atoms with E-state index in [0.29, 0.717) is 41.5 Å². The fourth-order valence-electron chi connectivity index (χ4n) is 5.35. The molecule has 38 heavy (non-hydrogen) atoms. The molecule has 0 bridgehead atoms. The summed E-state index contributed by atoms with van der Waals surface area (Å²) in [5.41, 5.74) is 2.04. The molecule has 0 aromatic carbocycles. The number of aromatic amines is 1. The molecule has 3 N–H and O–H groups in total. The quantitative estimate of drug-likeness (QED) is 0.373. The number of H-pyrrole nitrogens is 1. The van der Waals surface area contributed by atoms with Crippen LogP contribution in [0.1, 0.15) is 45.2 Å². The summed E-state index contributed by atoms with van der Waals surface area (Å²) in [6.07, 6.45) is 6.77. The normalized spacial score (nSPS) is 23.6. The standard InChI is InChI=1S/C25H34N10O2S/c1-4-18-9-20(10-19(5-2)35(18)38(37)34-13-16(12-26)14-34)33(3)25-24-21(27-6-7-28-24)11-22(30-25)29-23-8-17(15-36)31-32-23/h6-8,11,16,18-20,36H,4-5,9-10,13-15H2,1-3H3,(H2,29,30,31,32). The molecule has 3 aromatic rings. The Balaban J connectivity index is 1.41. The number of piperidine rings is 1. The topological polar surface area (TPSA) is 150 Å². The van der Waals surface area contributed by atoms with Gasteiger partial charge in [-0.3, -0.25) is 10.1 Å². The van der Waals surface area contributed by atoms with Crippen molar-refractivity contribution in [3.8, 4) is 6.07 Å². The summed E-state index contributed by atoms with van der Waals surface area (Å²) in [4.78, 5) is 16.2. The molecule has 0 radical (unpaired) electrons. The average molecular weight is 539 g/mol. The minimum atomic E-state index is -1.25. The number of aliphatic hydroxyl groups is 1. The van der Waals surface area contributed by atoms with Crippen molar-refractivity contribution in [1.29, 1.82) is 5.26 Å². The monoisotopic (exact) mass is 538 g/mol. The molecule has 0 saturated carbocycles. The van der Waals surface area contributed by atoms with Gasteiger partial charge in [-0.2, -0.15) is 10.4 Å². The molecule has 5 heterocycles. The lowest BCUT2D eigenvalue weighted by Gasteiger charge is -2.49. The zero-order valence-corrected chi connectivity index (χ0v) is 22.7. The number of nitriles is 1. The van der Waals surface area contributed by atoms with Crippen molar-refractivity contribution >= 4 is 39.7 Å². The highest BCUT2D eigenvalue weighted by atomic mass is 32.2. The number of fused-ring (bicyclic) bond motifs is 1. The maximum Gasteiger partial charge on any atom is 0.173 e. The Hall–Kier alpha value is -3.18. The molecule has 2 aliphatic rings. The maximum absolute atomic E-state index is 13.5. The average Bonchev–Trinajstić information content (AvgIpc) is 3.38. The predicted octanol–water partition coefficient (Wildman–Crippen LogP) is 2.48. The van der Waals surface area contributed by atoms with E-state index in [1.807, 2.05) is 17.4 Å². The molecule has 3 atom stereocenters. The lowest BCUT2D eigenvalue weighted by atomic mass is 9.90.